The zero-order valence-corrected chi connectivity index (χ0v) is 16.1. The van der Waals surface area contributed by atoms with E-state index in [0.29, 0.717) is 24.8 Å². The monoisotopic (exact) mass is 405 g/mol. The molecular weight excluding hydrogens is 379 g/mol. The predicted molar refractivity (Wildman–Crippen MR) is 104 cm³/mol. The number of benzene rings is 2. The molecular formula is C23H26F3NO2. The number of likely N-dealkylation sites (tertiary alicyclic amines) is 1. The maximum absolute atomic E-state index is 12.9. The maximum atomic E-state index is 12.9. The molecule has 1 saturated carbocycles. The Hall–Kier alpha value is -1.89. The van der Waals surface area contributed by atoms with Crippen molar-refractivity contribution in [2.75, 3.05) is 19.6 Å². The normalized spacial score (nSPS) is 28.4. The highest BCUT2D eigenvalue weighted by Crippen LogP contribution is 2.45. The lowest BCUT2D eigenvalue weighted by Gasteiger charge is -2.27. The van der Waals surface area contributed by atoms with Crippen molar-refractivity contribution in [3.63, 3.8) is 0 Å². The van der Waals surface area contributed by atoms with Crippen LogP contribution in [0.15, 0.2) is 54.6 Å². The molecule has 1 saturated heterocycles. The van der Waals surface area contributed by atoms with Crippen LogP contribution in [-0.2, 0) is 12.6 Å². The van der Waals surface area contributed by atoms with Gasteiger partial charge in [0.2, 0.25) is 0 Å². The van der Waals surface area contributed by atoms with Gasteiger partial charge >= 0.3 is 6.18 Å². The summed E-state index contributed by atoms with van der Waals surface area (Å²) in [4.78, 5) is 2.11. The molecule has 2 aromatic rings. The lowest BCUT2D eigenvalue weighted by molar-refractivity contribution is -0.137. The average Bonchev–Trinajstić information content (AvgIpc) is 3.15. The molecule has 0 bridgehead atoms. The van der Waals surface area contributed by atoms with Gasteiger partial charge in [0.1, 0.15) is 0 Å². The molecule has 2 aliphatic rings. The van der Waals surface area contributed by atoms with Gasteiger partial charge in [0.05, 0.1) is 17.3 Å². The Labute approximate surface area is 168 Å². The number of β-amino-alcohol motifs (C(OH)–C–C–N with tert-alkyl or cyclic N) is 1. The van der Waals surface area contributed by atoms with E-state index in [-0.39, 0.29) is 5.56 Å². The zero-order chi connectivity index (χ0) is 20.6. The van der Waals surface area contributed by atoms with E-state index in [0.717, 1.165) is 43.6 Å². The summed E-state index contributed by atoms with van der Waals surface area (Å²) in [6.07, 6.45) is -3.28. The maximum Gasteiger partial charge on any atom is 0.416 e. The largest absolute Gasteiger partial charge is 0.416 e. The van der Waals surface area contributed by atoms with Crippen LogP contribution in [0.4, 0.5) is 13.2 Å². The Morgan fingerprint density at radius 1 is 1.00 bits per heavy atom. The molecule has 6 heteroatoms. The molecule has 29 heavy (non-hydrogen) atoms. The van der Waals surface area contributed by atoms with Crippen molar-refractivity contribution in [2.24, 2.45) is 11.8 Å². The van der Waals surface area contributed by atoms with Gasteiger partial charge < -0.3 is 10.2 Å². The Morgan fingerprint density at radius 3 is 2.28 bits per heavy atom. The number of alkyl halides is 3. The zero-order valence-electron chi connectivity index (χ0n) is 16.1. The van der Waals surface area contributed by atoms with Crippen molar-refractivity contribution in [2.45, 2.75) is 37.1 Å². The highest BCUT2D eigenvalue weighted by molar-refractivity contribution is 5.27. The lowest BCUT2D eigenvalue weighted by Crippen LogP contribution is -2.33. The molecule has 4 rings (SSSR count). The van der Waals surface area contributed by atoms with E-state index in [4.69, 9.17) is 0 Å². The minimum absolute atomic E-state index is 0.289. The first kappa shape index (κ1) is 20.4. The summed E-state index contributed by atoms with van der Waals surface area (Å²) in [5, 5.41) is 21.5. The molecule has 1 aliphatic heterocycles. The molecule has 1 aliphatic carbocycles. The van der Waals surface area contributed by atoms with Crippen molar-refractivity contribution >= 4 is 0 Å². The van der Waals surface area contributed by atoms with E-state index in [1.807, 2.05) is 30.3 Å². The van der Waals surface area contributed by atoms with E-state index >= 15 is 0 Å². The summed E-state index contributed by atoms with van der Waals surface area (Å²) in [6.45, 7) is 1.83. The summed E-state index contributed by atoms with van der Waals surface area (Å²) in [5.41, 5.74) is -0.00908. The van der Waals surface area contributed by atoms with E-state index < -0.39 is 23.4 Å². The van der Waals surface area contributed by atoms with Crippen molar-refractivity contribution in [1.29, 1.82) is 0 Å². The highest BCUT2D eigenvalue weighted by Gasteiger charge is 2.48. The van der Waals surface area contributed by atoms with Crippen LogP contribution < -0.4 is 0 Å². The smallest absolute Gasteiger partial charge is 0.390 e. The SMILES string of the molecule is OC(CN1C[C@@H]2CC(O)(Cc3ccccc3)C[C@@H]2C1)c1cccc(C(F)(F)F)c1. The number of hydrogen-bond acceptors (Lipinski definition) is 3. The Morgan fingerprint density at radius 2 is 1.66 bits per heavy atom. The van der Waals surface area contributed by atoms with Gasteiger partial charge in [-0.05, 0) is 47.9 Å². The minimum atomic E-state index is -4.41. The van der Waals surface area contributed by atoms with Crippen molar-refractivity contribution in [1.82, 2.24) is 4.90 Å². The Kier molecular flexibility index (Phi) is 5.44. The van der Waals surface area contributed by atoms with Crippen LogP contribution in [0.5, 0.6) is 0 Å². The molecule has 2 aromatic carbocycles. The number of aliphatic hydroxyl groups is 2. The van der Waals surface area contributed by atoms with Crippen molar-refractivity contribution in [3.05, 3.63) is 71.3 Å². The van der Waals surface area contributed by atoms with Crippen LogP contribution in [0.2, 0.25) is 0 Å². The third-order valence-electron chi connectivity index (χ3n) is 6.34. The number of hydrogen-bond donors (Lipinski definition) is 2. The third-order valence-corrected chi connectivity index (χ3v) is 6.34. The van der Waals surface area contributed by atoms with E-state index in [1.54, 1.807) is 0 Å². The standard InChI is InChI=1S/C23H26F3NO2/c24-23(25,26)20-8-4-7-17(9-20)21(28)15-27-13-18-11-22(29,12-19(18)14-27)10-16-5-2-1-3-6-16/h1-9,18-19,21,28-29H,10-15H2/t18-,19+,21?,22?. The second-order valence-electron chi connectivity index (χ2n) is 8.67. The molecule has 0 aromatic heterocycles. The minimum Gasteiger partial charge on any atom is -0.390 e. The van der Waals surface area contributed by atoms with Crippen molar-refractivity contribution < 1.29 is 23.4 Å². The first-order valence-corrected chi connectivity index (χ1v) is 10.1. The fourth-order valence-corrected chi connectivity index (χ4v) is 5.10. The summed E-state index contributed by atoms with van der Waals surface area (Å²) >= 11 is 0. The second kappa shape index (κ2) is 7.74. The molecule has 2 unspecified atom stereocenters. The van der Waals surface area contributed by atoms with Crippen LogP contribution >= 0.6 is 0 Å². The van der Waals surface area contributed by atoms with Gasteiger partial charge in [-0.3, -0.25) is 4.90 Å². The number of rotatable bonds is 5. The van der Waals surface area contributed by atoms with Crippen LogP contribution in [0, 0.1) is 11.8 Å². The first-order chi connectivity index (χ1) is 13.7. The number of aliphatic hydroxyl groups excluding tert-OH is 1. The molecule has 0 radical (unpaired) electrons. The molecule has 3 nitrogen and oxygen atoms in total. The van der Waals surface area contributed by atoms with Gasteiger partial charge in [-0.25, -0.2) is 0 Å². The Bertz CT molecular complexity index is 826. The Balaban J connectivity index is 1.34. The van der Waals surface area contributed by atoms with Crippen LogP contribution in [0.3, 0.4) is 0 Å². The highest BCUT2D eigenvalue weighted by atomic mass is 19.4. The van der Waals surface area contributed by atoms with Crippen LogP contribution in [-0.4, -0.2) is 40.3 Å². The van der Waals surface area contributed by atoms with E-state index in [1.165, 1.54) is 12.1 Å². The topological polar surface area (TPSA) is 43.7 Å². The van der Waals surface area contributed by atoms with Crippen LogP contribution in [0.25, 0.3) is 0 Å². The fraction of sp³-hybridized carbons (Fsp3) is 0.478. The molecule has 0 spiro atoms. The van der Waals surface area contributed by atoms with Gasteiger partial charge in [0.15, 0.2) is 0 Å². The van der Waals surface area contributed by atoms with Crippen molar-refractivity contribution in [3.8, 4) is 0 Å². The summed E-state index contributed by atoms with van der Waals surface area (Å²) < 4.78 is 38.7. The molecule has 0 amide bonds. The quantitative estimate of drug-likeness (QED) is 0.789. The van der Waals surface area contributed by atoms with Crippen LogP contribution in [0.1, 0.15) is 35.6 Å². The molecule has 4 atom stereocenters. The summed E-state index contributed by atoms with van der Waals surface area (Å²) in [7, 11) is 0. The summed E-state index contributed by atoms with van der Waals surface area (Å²) in [5.74, 6) is 0.717. The number of halogens is 3. The van der Waals surface area contributed by atoms with Gasteiger partial charge in [-0.15, -0.1) is 0 Å². The molecule has 1 heterocycles. The van der Waals surface area contributed by atoms with Gasteiger partial charge in [0.25, 0.3) is 0 Å². The third kappa shape index (κ3) is 4.65. The number of nitrogens with zero attached hydrogens (tertiary/aromatic N) is 1. The van der Waals surface area contributed by atoms with Gasteiger partial charge in [-0.2, -0.15) is 13.2 Å². The fourth-order valence-electron chi connectivity index (χ4n) is 5.10. The second-order valence-corrected chi connectivity index (χ2v) is 8.67. The average molecular weight is 405 g/mol. The predicted octanol–water partition coefficient (Wildman–Crippen LogP) is 4.05. The van der Waals surface area contributed by atoms with E-state index in [2.05, 4.69) is 4.90 Å². The van der Waals surface area contributed by atoms with E-state index in [9.17, 15) is 23.4 Å². The molecule has 2 fully saturated rings. The number of fused-ring (bicyclic) bond motifs is 1. The van der Waals surface area contributed by atoms with Gasteiger partial charge in [-0.1, -0.05) is 42.5 Å². The summed E-state index contributed by atoms with van der Waals surface area (Å²) in [6, 6.07) is 14.9. The molecule has 2 N–H and O–H groups in total. The lowest BCUT2D eigenvalue weighted by atomic mass is 9.91. The van der Waals surface area contributed by atoms with Gasteiger partial charge in [0, 0.05) is 26.1 Å². The first-order valence-electron chi connectivity index (χ1n) is 10.1. The molecule has 156 valence electrons.